The Hall–Kier alpha value is -1.06. The minimum absolute atomic E-state index is 0.525. The predicted octanol–water partition coefficient (Wildman–Crippen LogP) is 2.40. The summed E-state index contributed by atoms with van der Waals surface area (Å²) < 4.78 is 5.85. The van der Waals surface area contributed by atoms with Crippen molar-refractivity contribution in [2.45, 2.75) is 38.3 Å². The van der Waals surface area contributed by atoms with E-state index in [1.54, 1.807) is 0 Å². The molecule has 3 heteroatoms. The zero-order valence-electron chi connectivity index (χ0n) is 11.6. The molecule has 0 saturated heterocycles. The molecule has 0 spiro atoms. The Labute approximate surface area is 115 Å². The molecule has 3 nitrogen and oxygen atoms in total. The highest BCUT2D eigenvalue weighted by molar-refractivity contribution is 5.33. The standard InChI is InChI=1S/C16H24N2O/c17-11-15(13-5-1-2-6-13)18-9-10-19-16-8-4-3-7-14(16)12-18/h3-4,7-8,13,15H,1-2,5-6,9-12,17H2. The van der Waals surface area contributed by atoms with Crippen LogP contribution in [-0.4, -0.2) is 30.6 Å². The van der Waals surface area contributed by atoms with Crippen LogP contribution in [0, 0.1) is 5.92 Å². The van der Waals surface area contributed by atoms with Crippen molar-refractivity contribution in [2.24, 2.45) is 11.7 Å². The maximum atomic E-state index is 6.07. The first-order valence-electron chi connectivity index (χ1n) is 7.53. The number of hydrogen-bond acceptors (Lipinski definition) is 3. The third-order valence-corrected chi connectivity index (χ3v) is 4.64. The molecule has 0 bridgehead atoms. The SMILES string of the molecule is NCC(C1CCCC1)N1CCOc2ccccc2C1. The van der Waals surface area contributed by atoms with Crippen molar-refractivity contribution in [3.63, 3.8) is 0 Å². The summed E-state index contributed by atoms with van der Waals surface area (Å²) in [5.74, 6) is 1.84. The van der Waals surface area contributed by atoms with Gasteiger partial charge in [-0.15, -0.1) is 0 Å². The number of nitrogens with two attached hydrogens (primary N) is 1. The molecule has 104 valence electrons. The molecule has 1 unspecified atom stereocenters. The minimum Gasteiger partial charge on any atom is -0.492 e. The molecule has 2 aliphatic rings. The van der Waals surface area contributed by atoms with Crippen LogP contribution in [0.4, 0.5) is 0 Å². The van der Waals surface area contributed by atoms with Gasteiger partial charge in [-0.1, -0.05) is 31.0 Å². The van der Waals surface area contributed by atoms with Crippen molar-refractivity contribution in [1.82, 2.24) is 4.90 Å². The molecule has 1 saturated carbocycles. The van der Waals surface area contributed by atoms with Crippen LogP contribution in [0.2, 0.25) is 0 Å². The fourth-order valence-corrected chi connectivity index (χ4v) is 3.61. The lowest BCUT2D eigenvalue weighted by molar-refractivity contribution is 0.128. The molecule has 19 heavy (non-hydrogen) atoms. The molecule has 0 amide bonds. The third kappa shape index (κ3) is 2.77. The quantitative estimate of drug-likeness (QED) is 0.907. The fourth-order valence-electron chi connectivity index (χ4n) is 3.61. The lowest BCUT2D eigenvalue weighted by Crippen LogP contribution is -2.45. The number of benzene rings is 1. The van der Waals surface area contributed by atoms with Gasteiger partial charge in [0.05, 0.1) is 0 Å². The van der Waals surface area contributed by atoms with Crippen LogP contribution in [0.5, 0.6) is 5.75 Å². The number of para-hydroxylation sites is 1. The summed E-state index contributed by atoms with van der Waals surface area (Å²) >= 11 is 0. The molecule has 1 aliphatic heterocycles. The Kier molecular flexibility index (Phi) is 4.04. The summed E-state index contributed by atoms with van der Waals surface area (Å²) in [6.07, 6.45) is 5.45. The minimum atomic E-state index is 0.525. The maximum Gasteiger partial charge on any atom is 0.123 e. The highest BCUT2D eigenvalue weighted by Crippen LogP contribution is 2.32. The molecule has 1 aliphatic carbocycles. The van der Waals surface area contributed by atoms with Crippen LogP contribution in [-0.2, 0) is 6.54 Å². The average Bonchev–Trinajstić information content (AvgIpc) is 2.87. The van der Waals surface area contributed by atoms with E-state index in [2.05, 4.69) is 23.1 Å². The van der Waals surface area contributed by atoms with E-state index in [4.69, 9.17) is 10.5 Å². The van der Waals surface area contributed by atoms with Gasteiger partial charge < -0.3 is 10.5 Å². The van der Waals surface area contributed by atoms with Gasteiger partial charge in [0.25, 0.3) is 0 Å². The van der Waals surface area contributed by atoms with E-state index in [1.807, 2.05) is 6.07 Å². The molecule has 1 aromatic rings. The van der Waals surface area contributed by atoms with E-state index in [1.165, 1.54) is 31.2 Å². The van der Waals surface area contributed by atoms with Crippen LogP contribution in [0.3, 0.4) is 0 Å². The first-order chi connectivity index (χ1) is 9.38. The van der Waals surface area contributed by atoms with Gasteiger partial charge in [0.15, 0.2) is 0 Å². The topological polar surface area (TPSA) is 38.5 Å². The Bertz CT molecular complexity index is 415. The van der Waals surface area contributed by atoms with Crippen LogP contribution < -0.4 is 10.5 Å². The Balaban J connectivity index is 1.77. The Morgan fingerprint density at radius 3 is 2.84 bits per heavy atom. The number of rotatable bonds is 3. The molecule has 0 aromatic heterocycles. The van der Waals surface area contributed by atoms with Crippen LogP contribution >= 0.6 is 0 Å². The molecule has 1 atom stereocenters. The monoisotopic (exact) mass is 260 g/mol. The lowest BCUT2D eigenvalue weighted by atomic mass is 9.96. The van der Waals surface area contributed by atoms with E-state index < -0.39 is 0 Å². The largest absolute Gasteiger partial charge is 0.492 e. The first-order valence-corrected chi connectivity index (χ1v) is 7.53. The molecule has 1 fully saturated rings. The molecule has 2 N–H and O–H groups in total. The Morgan fingerprint density at radius 1 is 1.26 bits per heavy atom. The zero-order valence-corrected chi connectivity index (χ0v) is 11.6. The first kappa shape index (κ1) is 12.9. The summed E-state index contributed by atoms with van der Waals surface area (Å²) in [6, 6.07) is 8.92. The number of nitrogens with zero attached hydrogens (tertiary/aromatic N) is 1. The summed E-state index contributed by atoms with van der Waals surface area (Å²) in [7, 11) is 0. The van der Waals surface area contributed by atoms with Crippen LogP contribution in [0.25, 0.3) is 0 Å². The van der Waals surface area contributed by atoms with Crippen molar-refractivity contribution in [2.75, 3.05) is 19.7 Å². The molecule has 1 heterocycles. The van der Waals surface area contributed by atoms with E-state index in [0.29, 0.717) is 6.04 Å². The fraction of sp³-hybridized carbons (Fsp3) is 0.625. The van der Waals surface area contributed by atoms with Crippen LogP contribution in [0.1, 0.15) is 31.2 Å². The zero-order chi connectivity index (χ0) is 13.1. The smallest absolute Gasteiger partial charge is 0.123 e. The number of fused-ring (bicyclic) bond motifs is 1. The van der Waals surface area contributed by atoms with Gasteiger partial charge in [-0.05, 0) is 24.8 Å². The number of hydrogen-bond donors (Lipinski definition) is 1. The average molecular weight is 260 g/mol. The third-order valence-electron chi connectivity index (χ3n) is 4.64. The van der Waals surface area contributed by atoms with Crippen molar-refractivity contribution < 1.29 is 4.74 Å². The number of ether oxygens (including phenoxy) is 1. The van der Waals surface area contributed by atoms with Crippen LogP contribution in [0.15, 0.2) is 24.3 Å². The lowest BCUT2D eigenvalue weighted by Gasteiger charge is -2.33. The van der Waals surface area contributed by atoms with Crippen molar-refractivity contribution in [3.05, 3.63) is 29.8 Å². The summed E-state index contributed by atoms with van der Waals surface area (Å²) in [4.78, 5) is 2.54. The van der Waals surface area contributed by atoms with Crippen molar-refractivity contribution >= 4 is 0 Å². The molecule has 0 radical (unpaired) electrons. The van der Waals surface area contributed by atoms with E-state index in [9.17, 15) is 0 Å². The highest BCUT2D eigenvalue weighted by atomic mass is 16.5. The van der Waals surface area contributed by atoms with Gasteiger partial charge in [0.2, 0.25) is 0 Å². The molecule has 1 aromatic carbocycles. The van der Waals surface area contributed by atoms with Gasteiger partial charge >= 0.3 is 0 Å². The summed E-state index contributed by atoms with van der Waals surface area (Å²) in [6.45, 7) is 3.52. The second-order valence-electron chi connectivity index (χ2n) is 5.77. The normalized spacial score (nSPS) is 22.6. The molecular formula is C16H24N2O. The van der Waals surface area contributed by atoms with Gasteiger partial charge in [0, 0.05) is 31.2 Å². The van der Waals surface area contributed by atoms with E-state index in [-0.39, 0.29) is 0 Å². The summed E-state index contributed by atoms with van der Waals surface area (Å²) in [5.41, 5.74) is 7.37. The predicted molar refractivity (Wildman–Crippen MR) is 77.1 cm³/mol. The second kappa shape index (κ2) is 5.93. The highest BCUT2D eigenvalue weighted by Gasteiger charge is 2.30. The second-order valence-corrected chi connectivity index (χ2v) is 5.77. The van der Waals surface area contributed by atoms with E-state index in [0.717, 1.165) is 37.9 Å². The van der Waals surface area contributed by atoms with Gasteiger partial charge in [-0.2, -0.15) is 0 Å². The van der Waals surface area contributed by atoms with Crippen molar-refractivity contribution in [3.8, 4) is 5.75 Å². The summed E-state index contributed by atoms with van der Waals surface area (Å²) in [5, 5.41) is 0. The maximum absolute atomic E-state index is 6.07. The van der Waals surface area contributed by atoms with Gasteiger partial charge in [0.1, 0.15) is 12.4 Å². The molecular weight excluding hydrogens is 236 g/mol. The van der Waals surface area contributed by atoms with Gasteiger partial charge in [-0.25, -0.2) is 0 Å². The molecule has 3 rings (SSSR count). The van der Waals surface area contributed by atoms with E-state index >= 15 is 0 Å². The Morgan fingerprint density at radius 2 is 2.05 bits per heavy atom. The van der Waals surface area contributed by atoms with Gasteiger partial charge in [-0.3, -0.25) is 4.90 Å². The van der Waals surface area contributed by atoms with Crippen molar-refractivity contribution in [1.29, 1.82) is 0 Å².